The summed E-state index contributed by atoms with van der Waals surface area (Å²) in [5, 5.41) is 3.97. The highest BCUT2D eigenvalue weighted by molar-refractivity contribution is 5.35. The smallest absolute Gasteiger partial charge is 0.0325 e. The highest BCUT2D eigenvalue weighted by Crippen LogP contribution is 2.37. The van der Waals surface area contributed by atoms with Gasteiger partial charge in [-0.15, -0.1) is 0 Å². The number of benzene rings is 1. The van der Waals surface area contributed by atoms with Crippen molar-refractivity contribution in [1.82, 2.24) is 10.2 Å². The summed E-state index contributed by atoms with van der Waals surface area (Å²) in [4.78, 5) is 2.62. The van der Waals surface area contributed by atoms with Gasteiger partial charge in [0.25, 0.3) is 0 Å². The van der Waals surface area contributed by atoms with Crippen LogP contribution in [-0.4, -0.2) is 30.6 Å². The van der Waals surface area contributed by atoms with E-state index in [0.717, 1.165) is 5.92 Å². The SMILES string of the molecule is CCCN1CCC(NC2CCC(C)c3ccccc32)CC1. The molecule has 2 aliphatic rings. The van der Waals surface area contributed by atoms with E-state index in [-0.39, 0.29) is 0 Å². The number of nitrogens with one attached hydrogen (secondary N) is 1. The maximum Gasteiger partial charge on any atom is 0.0325 e. The van der Waals surface area contributed by atoms with Crippen LogP contribution in [-0.2, 0) is 0 Å². The topological polar surface area (TPSA) is 15.3 Å². The van der Waals surface area contributed by atoms with Crippen molar-refractivity contribution in [3.63, 3.8) is 0 Å². The summed E-state index contributed by atoms with van der Waals surface area (Å²) in [6.45, 7) is 8.48. The van der Waals surface area contributed by atoms with Crippen LogP contribution in [0.4, 0.5) is 0 Å². The van der Waals surface area contributed by atoms with Crippen LogP contribution in [0.15, 0.2) is 24.3 Å². The Balaban J connectivity index is 1.60. The molecule has 2 atom stereocenters. The van der Waals surface area contributed by atoms with Gasteiger partial charge in [0.1, 0.15) is 0 Å². The maximum absolute atomic E-state index is 3.97. The Labute approximate surface area is 129 Å². The molecule has 2 nitrogen and oxygen atoms in total. The Kier molecular flexibility index (Phi) is 4.97. The molecular weight excluding hydrogens is 256 g/mol. The van der Waals surface area contributed by atoms with Gasteiger partial charge in [0.15, 0.2) is 0 Å². The van der Waals surface area contributed by atoms with E-state index >= 15 is 0 Å². The van der Waals surface area contributed by atoms with Gasteiger partial charge in [-0.3, -0.25) is 0 Å². The first-order valence-electron chi connectivity index (χ1n) is 8.85. The van der Waals surface area contributed by atoms with Crippen molar-refractivity contribution in [2.75, 3.05) is 19.6 Å². The predicted molar refractivity (Wildman–Crippen MR) is 89.7 cm³/mol. The third kappa shape index (κ3) is 3.49. The van der Waals surface area contributed by atoms with E-state index in [1.807, 2.05) is 0 Å². The van der Waals surface area contributed by atoms with Crippen LogP contribution in [0, 0.1) is 0 Å². The van der Waals surface area contributed by atoms with Crippen molar-refractivity contribution >= 4 is 0 Å². The van der Waals surface area contributed by atoms with Crippen molar-refractivity contribution < 1.29 is 0 Å². The minimum Gasteiger partial charge on any atom is -0.307 e. The summed E-state index contributed by atoms with van der Waals surface area (Å²) in [5.41, 5.74) is 3.14. The molecule has 0 bridgehead atoms. The second-order valence-corrected chi connectivity index (χ2v) is 6.94. The summed E-state index contributed by atoms with van der Waals surface area (Å²) in [7, 11) is 0. The first-order valence-corrected chi connectivity index (χ1v) is 8.85. The van der Waals surface area contributed by atoms with Crippen molar-refractivity contribution in [3.05, 3.63) is 35.4 Å². The Morgan fingerprint density at radius 3 is 2.48 bits per heavy atom. The molecule has 1 aliphatic carbocycles. The molecule has 1 N–H and O–H groups in total. The van der Waals surface area contributed by atoms with Crippen LogP contribution in [0.25, 0.3) is 0 Å². The van der Waals surface area contributed by atoms with Crippen molar-refractivity contribution in [2.24, 2.45) is 0 Å². The first kappa shape index (κ1) is 15.1. The molecule has 1 aromatic carbocycles. The third-order valence-corrected chi connectivity index (χ3v) is 5.35. The number of hydrogen-bond acceptors (Lipinski definition) is 2. The van der Waals surface area contributed by atoms with Crippen LogP contribution in [0.5, 0.6) is 0 Å². The van der Waals surface area contributed by atoms with E-state index in [9.17, 15) is 0 Å². The lowest BCUT2D eigenvalue weighted by Gasteiger charge is -2.37. The minimum atomic E-state index is 0.583. The Morgan fingerprint density at radius 1 is 1.05 bits per heavy atom. The standard InChI is InChI=1S/C19H30N2/c1-3-12-21-13-10-16(11-14-21)20-19-9-8-15(2)17-6-4-5-7-18(17)19/h4-7,15-16,19-20H,3,8-14H2,1-2H3. The molecule has 0 radical (unpaired) electrons. The first-order chi connectivity index (χ1) is 10.3. The molecule has 1 aromatic rings. The number of nitrogens with zero attached hydrogens (tertiary/aromatic N) is 1. The van der Waals surface area contributed by atoms with E-state index in [0.29, 0.717) is 12.1 Å². The summed E-state index contributed by atoms with van der Waals surface area (Å²) in [6.07, 6.45) is 6.53. The quantitative estimate of drug-likeness (QED) is 0.897. The number of rotatable bonds is 4. The molecule has 1 heterocycles. The van der Waals surface area contributed by atoms with Crippen LogP contribution < -0.4 is 5.32 Å². The lowest BCUT2D eigenvalue weighted by Crippen LogP contribution is -2.44. The average molecular weight is 286 g/mol. The summed E-state index contributed by atoms with van der Waals surface area (Å²) < 4.78 is 0. The number of likely N-dealkylation sites (tertiary alicyclic amines) is 1. The molecule has 0 spiro atoms. The molecule has 116 valence electrons. The van der Waals surface area contributed by atoms with Crippen LogP contribution >= 0.6 is 0 Å². The van der Waals surface area contributed by atoms with Crippen molar-refractivity contribution in [2.45, 2.75) is 64.0 Å². The fourth-order valence-corrected chi connectivity index (χ4v) is 4.10. The van der Waals surface area contributed by atoms with E-state index in [4.69, 9.17) is 0 Å². The van der Waals surface area contributed by atoms with Gasteiger partial charge in [-0.1, -0.05) is 38.1 Å². The molecule has 0 aromatic heterocycles. The molecule has 3 rings (SSSR count). The van der Waals surface area contributed by atoms with Crippen molar-refractivity contribution in [3.8, 4) is 0 Å². The van der Waals surface area contributed by atoms with E-state index in [1.165, 1.54) is 51.7 Å². The minimum absolute atomic E-state index is 0.583. The number of hydrogen-bond donors (Lipinski definition) is 1. The Hall–Kier alpha value is -0.860. The average Bonchev–Trinajstić information content (AvgIpc) is 2.52. The lowest BCUT2D eigenvalue weighted by atomic mass is 9.80. The summed E-state index contributed by atoms with van der Waals surface area (Å²) >= 11 is 0. The van der Waals surface area contributed by atoms with Gasteiger partial charge in [0, 0.05) is 12.1 Å². The zero-order valence-electron chi connectivity index (χ0n) is 13.6. The largest absolute Gasteiger partial charge is 0.307 e. The Bertz CT molecular complexity index is 449. The van der Waals surface area contributed by atoms with Gasteiger partial charge >= 0.3 is 0 Å². The van der Waals surface area contributed by atoms with Gasteiger partial charge in [0.05, 0.1) is 0 Å². The molecular formula is C19H30N2. The third-order valence-electron chi connectivity index (χ3n) is 5.35. The number of piperidine rings is 1. The monoisotopic (exact) mass is 286 g/mol. The fraction of sp³-hybridized carbons (Fsp3) is 0.684. The van der Waals surface area contributed by atoms with Gasteiger partial charge in [-0.25, -0.2) is 0 Å². The van der Waals surface area contributed by atoms with Crippen LogP contribution in [0.1, 0.15) is 69.0 Å². The van der Waals surface area contributed by atoms with E-state index in [2.05, 4.69) is 48.3 Å². The lowest BCUT2D eigenvalue weighted by molar-refractivity contribution is 0.188. The molecule has 0 saturated carbocycles. The van der Waals surface area contributed by atoms with Gasteiger partial charge in [-0.05, 0) is 68.8 Å². The summed E-state index contributed by atoms with van der Waals surface area (Å²) in [6, 6.07) is 10.4. The predicted octanol–water partition coefficient (Wildman–Crippen LogP) is 4.09. The van der Waals surface area contributed by atoms with E-state index < -0.39 is 0 Å². The summed E-state index contributed by atoms with van der Waals surface area (Å²) in [5.74, 6) is 0.727. The highest BCUT2D eigenvalue weighted by atomic mass is 15.1. The normalized spacial score (nSPS) is 27.5. The molecule has 1 saturated heterocycles. The van der Waals surface area contributed by atoms with Gasteiger partial charge < -0.3 is 10.2 Å². The molecule has 0 amide bonds. The zero-order valence-corrected chi connectivity index (χ0v) is 13.6. The molecule has 2 unspecified atom stereocenters. The molecule has 21 heavy (non-hydrogen) atoms. The second-order valence-electron chi connectivity index (χ2n) is 6.94. The Morgan fingerprint density at radius 2 is 1.76 bits per heavy atom. The number of fused-ring (bicyclic) bond motifs is 1. The van der Waals surface area contributed by atoms with Crippen LogP contribution in [0.3, 0.4) is 0 Å². The second kappa shape index (κ2) is 6.93. The fourth-order valence-electron chi connectivity index (χ4n) is 4.10. The highest BCUT2D eigenvalue weighted by Gasteiger charge is 2.27. The zero-order chi connectivity index (χ0) is 14.7. The van der Waals surface area contributed by atoms with Crippen molar-refractivity contribution in [1.29, 1.82) is 0 Å². The van der Waals surface area contributed by atoms with Gasteiger partial charge in [-0.2, -0.15) is 0 Å². The van der Waals surface area contributed by atoms with Gasteiger partial charge in [0.2, 0.25) is 0 Å². The maximum atomic E-state index is 3.97. The van der Waals surface area contributed by atoms with E-state index in [1.54, 1.807) is 11.1 Å². The molecule has 1 aliphatic heterocycles. The molecule has 2 heteroatoms. The molecule has 1 fully saturated rings. The van der Waals surface area contributed by atoms with Crippen LogP contribution in [0.2, 0.25) is 0 Å².